The summed E-state index contributed by atoms with van der Waals surface area (Å²) in [5, 5.41) is 31.2. The third-order valence-corrected chi connectivity index (χ3v) is 5.58. The number of nitriles is 1. The van der Waals surface area contributed by atoms with Gasteiger partial charge in [-0.25, -0.2) is 4.79 Å². The zero-order valence-electron chi connectivity index (χ0n) is 18.2. The molecule has 4 atom stereocenters. The van der Waals surface area contributed by atoms with Crippen LogP contribution in [0.3, 0.4) is 0 Å². The number of carbonyl (C=O) groups is 1. The lowest BCUT2D eigenvalue weighted by atomic mass is 10.0. The van der Waals surface area contributed by atoms with Gasteiger partial charge in [-0.1, -0.05) is 58.3 Å². The van der Waals surface area contributed by atoms with Crippen LogP contribution < -0.4 is 11.0 Å². The molecule has 1 fully saturated rings. The van der Waals surface area contributed by atoms with Gasteiger partial charge in [0.05, 0.1) is 12.7 Å². The normalized spacial score (nSPS) is 22.9. The molecule has 2 rings (SSSR count). The fourth-order valence-electron chi connectivity index (χ4n) is 3.75. The summed E-state index contributed by atoms with van der Waals surface area (Å²) in [4.78, 5) is 28.3. The standard InChI is InChI=1S/C22H34N4O5/c1-2-3-4-5-6-7-8-9-10-11-19(28)24-18-12-13-26(22(30)25-18)21-16(14-23)20(29)17(15-27)31-21/h12-13,16-17,20-21,27,29H,2-11,15H2,1H3,(H,24,25,28,30)/t16-,17-,20+,21-/m1/s1. The smallest absolute Gasteiger partial charge is 0.351 e. The average molecular weight is 435 g/mol. The zero-order chi connectivity index (χ0) is 22.6. The molecule has 0 aliphatic carbocycles. The van der Waals surface area contributed by atoms with Crippen LogP contribution in [0, 0.1) is 17.2 Å². The summed E-state index contributed by atoms with van der Waals surface area (Å²) in [6.07, 6.45) is 9.03. The van der Waals surface area contributed by atoms with E-state index in [9.17, 15) is 25.1 Å². The maximum absolute atomic E-state index is 12.4. The first-order valence-corrected chi connectivity index (χ1v) is 11.2. The first-order valence-electron chi connectivity index (χ1n) is 11.2. The molecule has 0 radical (unpaired) electrons. The lowest BCUT2D eigenvalue weighted by Gasteiger charge is -2.16. The van der Waals surface area contributed by atoms with E-state index < -0.39 is 36.7 Å². The fraction of sp³-hybridized carbons (Fsp3) is 0.727. The van der Waals surface area contributed by atoms with Crippen LogP contribution in [-0.2, 0) is 9.53 Å². The molecular formula is C22H34N4O5. The molecule has 0 saturated carbocycles. The summed E-state index contributed by atoms with van der Waals surface area (Å²) >= 11 is 0. The molecule has 9 heteroatoms. The van der Waals surface area contributed by atoms with Crippen molar-refractivity contribution in [2.24, 2.45) is 5.92 Å². The highest BCUT2D eigenvalue weighted by Gasteiger charge is 2.45. The molecule has 172 valence electrons. The van der Waals surface area contributed by atoms with E-state index in [1.54, 1.807) is 0 Å². The largest absolute Gasteiger partial charge is 0.394 e. The van der Waals surface area contributed by atoms with Crippen LogP contribution in [-0.4, -0.2) is 44.5 Å². The molecule has 1 aliphatic heterocycles. The van der Waals surface area contributed by atoms with Crippen LogP contribution in [0.5, 0.6) is 0 Å². The molecule has 31 heavy (non-hydrogen) atoms. The van der Waals surface area contributed by atoms with Crippen molar-refractivity contribution >= 4 is 11.7 Å². The molecule has 1 aromatic rings. The lowest BCUT2D eigenvalue weighted by molar-refractivity contribution is -0.116. The predicted molar refractivity (Wildman–Crippen MR) is 115 cm³/mol. The Morgan fingerprint density at radius 2 is 1.87 bits per heavy atom. The van der Waals surface area contributed by atoms with E-state index in [0.29, 0.717) is 6.42 Å². The van der Waals surface area contributed by atoms with Crippen molar-refractivity contribution in [2.45, 2.75) is 89.6 Å². The minimum Gasteiger partial charge on any atom is -0.394 e. The monoisotopic (exact) mass is 434 g/mol. The number of unbranched alkanes of at least 4 members (excludes halogenated alkanes) is 8. The van der Waals surface area contributed by atoms with Crippen molar-refractivity contribution < 1.29 is 19.7 Å². The van der Waals surface area contributed by atoms with Crippen molar-refractivity contribution in [1.29, 1.82) is 5.26 Å². The number of nitrogens with one attached hydrogen (secondary N) is 1. The molecule has 2 heterocycles. The van der Waals surface area contributed by atoms with Gasteiger partial charge in [0.25, 0.3) is 0 Å². The van der Waals surface area contributed by atoms with E-state index in [0.717, 1.165) is 23.8 Å². The number of aliphatic hydroxyl groups excluding tert-OH is 2. The Morgan fingerprint density at radius 3 is 2.45 bits per heavy atom. The van der Waals surface area contributed by atoms with Crippen LogP contribution >= 0.6 is 0 Å². The minimum absolute atomic E-state index is 0.132. The van der Waals surface area contributed by atoms with Crippen molar-refractivity contribution in [3.8, 4) is 6.07 Å². The summed E-state index contributed by atoms with van der Waals surface area (Å²) < 4.78 is 6.53. The second-order valence-corrected chi connectivity index (χ2v) is 8.02. The summed E-state index contributed by atoms with van der Waals surface area (Å²) in [6.45, 7) is 1.74. The molecule has 1 aliphatic rings. The van der Waals surface area contributed by atoms with Gasteiger partial charge in [0.1, 0.15) is 23.9 Å². The number of aromatic nitrogens is 2. The van der Waals surface area contributed by atoms with E-state index in [1.807, 2.05) is 6.07 Å². The van der Waals surface area contributed by atoms with E-state index in [4.69, 9.17) is 4.74 Å². The number of aliphatic hydroxyl groups is 2. The summed E-state index contributed by atoms with van der Waals surface area (Å²) in [5.74, 6) is -1.08. The quantitative estimate of drug-likeness (QED) is 0.406. The predicted octanol–water partition coefficient (Wildman–Crippen LogP) is 2.49. The van der Waals surface area contributed by atoms with Crippen LogP contribution in [0.25, 0.3) is 0 Å². The van der Waals surface area contributed by atoms with E-state index in [-0.39, 0.29) is 11.7 Å². The fourth-order valence-corrected chi connectivity index (χ4v) is 3.75. The number of nitrogens with zero attached hydrogens (tertiary/aromatic N) is 3. The van der Waals surface area contributed by atoms with Gasteiger partial charge < -0.3 is 20.3 Å². The van der Waals surface area contributed by atoms with Gasteiger partial charge >= 0.3 is 5.69 Å². The first kappa shape index (κ1) is 25.0. The lowest BCUT2D eigenvalue weighted by Crippen LogP contribution is -2.32. The van der Waals surface area contributed by atoms with Gasteiger partial charge in [-0.05, 0) is 12.5 Å². The SMILES string of the molecule is CCCCCCCCCCCC(=O)Nc1ccn([C@@H]2O[C@H](CO)[C@@H](O)[C@H]2C#N)c(=O)n1. The molecule has 3 N–H and O–H groups in total. The third-order valence-electron chi connectivity index (χ3n) is 5.58. The van der Waals surface area contributed by atoms with Gasteiger partial charge in [-0.15, -0.1) is 0 Å². The molecular weight excluding hydrogens is 400 g/mol. The Morgan fingerprint density at radius 1 is 1.23 bits per heavy atom. The number of anilines is 1. The number of ether oxygens (including phenoxy) is 1. The van der Waals surface area contributed by atoms with Crippen molar-refractivity contribution in [3.05, 3.63) is 22.7 Å². The Hall–Kier alpha value is -2.28. The Kier molecular flexibility index (Phi) is 10.6. The minimum atomic E-state index is -1.21. The van der Waals surface area contributed by atoms with Crippen molar-refractivity contribution in [1.82, 2.24) is 9.55 Å². The van der Waals surface area contributed by atoms with E-state index in [2.05, 4.69) is 17.2 Å². The van der Waals surface area contributed by atoms with Gasteiger partial charge in [0.15, 0.2) is 6.23 Å². The summed E-state index contributed by atoms with van der Waals surface area (Å²) in [6, 6.07) is 3.36. The molecule has 1 amide bonds. The molecule has 1 saturated heterocycles. The Bertz CT molecular complexity index is 791. The Labute approximate surface area is 183 Å². The number of rotatable bonds is 13. The second-order valence-electron chi connectivity index (χ2n) is 8.02. The van der Waals surface area contributed by atoms with E-state index in [1.165, 1.54) is 50.8 Å². The highest BCUT2D eigenvalue weighted by atomic mass is 16.5. The zero-order valence-corrected chi connectivity index (χ0v) is 18.2. The Balaban J connectivity index is 1.77. The van der Waals surface area contributed by atoms with Crippen LogP contribution in [0.4, 0.5) is 5.82 Å². The maximum atomic E-state index is 12.4. The molecule has 0 aromatic carbocycles. The highest BCUT2D eigenvalue weighted by molar-refractivity contribution is 5.89. The van der Waals surface area contributed by atoms with Crippen LogP contribution in [0.2, 0.25) is 0 Å². The van der Waals surface area contributed by atoms with Crippen molar-refractivity contribution in [3.63, 3.8) is 0 Å². The van der Waals surface area contributed by atoms with Crippen molar-refractivity contribution in [2.75, 3.05) is 11.9 Å². The number of amides is 1. The second kappa shape index (κ2) is 13.2. The first-order chi connectivity index (χ1) is 15.0. The number of hydrogen-bond donors (Lipinski definition) is 3. The molecule has 0 spiro atoms. The summed E-state index contributed by atoms with van der Waals surface area (Å²) in [5.41, 5.74) is -0.711. The maximum Gasteiger partial charge on any atom is 0.351 e. The highest BCUT2D eigenvalue weighted by Crippen LogP contribution is 2.33. The van der Waals surface area contributed by atoms with Crippen LogP contribution in [0.1, 0.15) is 77.4 Å². The van der Waals surface area contributed by atoms with Crippen LogP contribution in [0.15, 0.2) is 17.1 Å². The van der Waals surface area contributed by atoms with Gasteiger partial charge in [0.2, 0.25) is 5.91 Å². The average Bonchev–Trinajstić information content (AvgIpc) is 3.07. The molecule has 1 aromatic heterocycles. The molecule has 0 bridgehead atoms. The van der Waals surface area contributed by atoms with Gasteiger partial charge in [0, 0.05) is 12.6 Å². The van der Waals surface area contributed by atoms with Gasteiger partial charge in [-0.2, -0.15) is 10.2 Å². The number of hydrogen-bond acceptors (Lipinski definition) is 7. The molecule has 9 nitrogen and oxygen atoms in total. The third kappa shape index (κ3) is 7.42. The number of carbonyl (C=O) groups excluding carboxylic acids is 1. The summed E-state index contributed by atoms with van der Waals surface area (Å²) in [7, 11) is 0. The topological polar surface area (TPSA) is 137 Å². The van der Waals surface area contributed by atoms with Gasteiger partial charge in [-0.3, -0.25) is 9.36 Å². The molecule has 0 unspecified atom stereocenters. The van der Waals surface area contributed by atoms with E-state index >= 15 is 0 Å².